The Bertz CT molecular complexity index is 790. The highest BCUT2D eigenvalue weighted by atomic mass is 16.2. The van der Waals surface area contributed by atoms with Crippen molar-refractivity contribution in [1.29, 1.82) is 0 Å². The van der Waals surface area contributed by atoms with Gasteiger partial charge in [0.25, 0.3) is 5.91 Å². The van der Waals surface area contributed by atoms with Gasteiger partial charge in [0.15, 0.2) is 0 Å². The van der Waals surface area contributed by atoms with Crippen LogP contribution in [0.25, 0.3) is 5.69 Å². The summed E-state index contributed by atoms with van der Waals surface area (Å²) in [5.74, 6) is 0.446. The molecular formula is C20H25N5O2. The molecule has 2 amide bonds. The van der Waals surface area contributed by atoms with E-state index in [9.17, 15) is 9.59 Å². The Morgan fingerprint density at radius 1 is 0.963 bits per heavy atom. The summed E-state index contributed by atoms with van der Waals surface area (Å²) in [6.07, 6.45) is 9.20. The Balaban J connectivity index is 1.36. The van der Waals surface area contributed by atoms with Gasteiger partial charge in [-0.25, -0.2) is 0 Å². The number of carbonyl (C=O) groups excluding carboxylic acids is 2. The number of carbonyl (C=O) groups is 2. The number of aromatic nitrogens is 3. The molecule has 2 aliphatic rings. The number of rotatable bonds is 4. The first-order chi connectivity index (χ1) is 13.2. The smallest absolute Gasteiger partial charge is 0.253 e. The van der Waals surface area contributed by atoms with E-state index in [0.717, 1.165) is 44.5 Å². The van der Waals surface area contributed by atoms with Crippen LogP contribution in [0.3, 0.4) is 0 Å². The molecule has 1 aliphatic heterocycles. The first-order valence-corrected chi connectivity index (χ1v) is 9.76. The number of hydrogen-bond donors (Lipinski definition) is 1. The molecule has 27 heavy (non-hydrogen) atoms. The van der Waals surface area contributed by atoms with E-state index in [1.54, 1.807) is 17.2 Å². The molecule has 142 valence electrons. The summed E-state index contributed by atoms with van der Waals surface area (Å²) in [5, 5.41) is 10.8. The van der Waals surface area contributed by atoms with Gasteiger partial charge in [0.1, 0.15) is 12.7 Å². The molecule has 1 aromatic carbocycles. The molecule has 2 aromatic rings. The summed E-state index contributed by atoms with van der Waals surface area (Å²) >= 11 is 0. The molecule has 1 aromatic heterocycles. The highest BCUT2D eigenvalue weighted by Gasteiger charge is 2.30. The SMILES string of the molecule is O=C(NC1CCN(C(=O)C2CCCC2)CC1)c1ccccc1-n1cnnc1. The highest BCUT2D eigenvalue weighted by molar-refractivity contribution is 5.98. The van der Waals surface area contributed by atoms with Crippen LogP contribution in [0.15, 0.2) is 36.9 Å². The van der Waals surface area contributed by atoms with E-state index in [4.69, 9.17) is 0 Å². The van der Waals surface area contributed by atoms with E-state index in [2.05, 4.69) is 15.5 Å². The molecule has 2 heterocycles. The van der Waals surface area contributed by atoms with Gasteiger partial charge in [0, 0.05) is 25.0 Å². The summed E-state index contributed by atoms with van der Waals surface area (Å²) in [5.41, 5.74) is 1.36. The Kier molecular flexibility index (Phi) is 5.18. The predicted molar refractivity (Wildman–Crippen MR) is 100 cm³/mol. The molecule has 7 heteroatoms. The lowest BCUT2D eigenvalue weighted by Crippen LogP contribution is -2.47. The number of hydrogen-bond acceptors (Lipinski definition) is 4. The molecule has 0 unspecified atom stereocenters. The average Bonchev–Trinajstić information content (AvgIpc) is 3.42. The minimum absolute atomic E-state index is 0.0964. The van der Waals surface area contributed by atoms with Crippen molar-refractivity contribution >= 4 is 11.8 Å². The minimum Gasteiger partial charge on any atom is -0.349 e. The molecule has 0 bridgehead atoms. The normalized spacial score (nSPS) is 18.6. The van der Waals surface area contributed by atoms with Crippen LogP contribution in [0.5, 0.6) is 0 Å². The first kappa shape index (κ1) is 17.7. The van der Waals surface area contributed by atoms with E-state index >= 15 is 0 Å². The second-order valence-electron chi connectivity index (χ2n) is 7.44. The van der Waals surface area contributed by atoms with E-state index in [-0.39, 0.29) is 17.9 Å². The van der Waals surface area contributed by atoms with Gasteiger partial charge < -0.3 is 10.2 Å². The number of piperidine rings is 1. The molecule has 4 rings (SSSR count). The summed E-state index contributed by atoms with van der Waals surface area (Å²) < 4.78 is 1.73. The van der Waals surface area contributed by atoms with E-state index in [1.807, 2.05) is 29.2 Å². The van der Waals surface area contributed by atoms with Crippen molar-refractivity contribution in [3.8, 4) is 5.69 Å². The molecule has 1 saturated heterocycles. The second kappa shape index (κ2) is 7.90. The number of likely N-dealkylation sites (tertiary alicyclic amines) is 1. The maximum Gasteiger partial charge on any atom is 0.253 e. The summed E-state index contributed by atoms with van der Waals surface area (Å²) in [6, 6.07) is 7.52. The van der Waals surface area contributed by atoms with E-state index in [1.165, 1.54) is 12.8 Å². The Morgan fingerprint density at radius 2 is 1.63 bits per heavy atom. The van der Waals surface area contributed by atoms with Crippen LogP contribution in [0.2, 0.25) is 0 Å². The molecule has 2 fully saturated rings. The summed E-state index contributed by atoms with van der Waals surface area (Å²) in [6.45, 7) is 1.46. The van der Waals surface area contributed by atoms with Crippen molar-refractivity contribution < 1.29 is 9.59 Å². The van der Waals surface area contributed by atoms with Gasteiger partial charge in [-0.2, -0.15) is 0 Å². The van der Waals surface area contributed by atoms with Gasteiger partial charge in [-0.15, -0.1) is 10.2 Å². The van der Waals surface area contributed by atoms with Crippen LogP contribution in [0.1, 0.15) is 48.9 Å². The topological polar surface area (TPSA) is 80.1 Å². The monoisotopic (exact) mass is 367 g/mol. The van der Waals surface area contributed by atoms with Crippen LogP contribution in [0, 0.1) is 5.92 Å². The van der Waals surface area contributed by atoms with Gasteiger partial charge in [-0.05, 0) is 37.8 Å². The first-order valence-electron chi connectivity index (χ1n) is 9.76. The Morgan fingerprint density at radius 3 is 2.33 bits per heavy atom. The van der Waals surface area contributed by atoms with Crippen molar-refractivity contribution in [2.24, 2.45) is 5.92 Å². The van der Waals surface area contributed by atoms with Crippen LogP contribution in [-0.4, -0.2) is 50.6 Å². The lowest BCUT2D eigenvalue weighted by molar-refractivity contribution is -0.136. The molecule has 0 atom stereocenters. The fourth-order valence-corrected chi connectivity index (χ4v) is 4.15. The maximum atomic E-state index is 12.8. The van der Waals surface area contributed by atoms with Crippen molar-refractivity contribution in [3.05, 3.63) is 42.5 Å². The zero-order valence-electron chi connectivity index (χ0n) is 15.4. The van der Waals surface area contributed by atoms with Crippen molar-refractivity contribution in [1.82, 2.24) is 25.0 Å². The predicted octanol–water partition coefficient (Wildman–Crippen LogP) is 2.18. The maximum absolute atomic E-state index is 12.8. The van der Waals surface area contributed by atoms with Crippen LogP contribution < -0.4 is 5.32 Å². The number of nitrogens with one attached hydrogen (secondary N) is 1. The zero-order valence-corrected chi connectivity index (χ0v) is 15.4. The molecular weight excluding hydrogens is 342 g/mol. The lowest BCUT2D eigenvalue weighted by Gasteiger charge is -2.34. The van der Waals surface area contributed by atoms with Gasteiger partial charge in [0.2, 0.25) is 5.91 Å². The van der Waals surface area contributed by atoms with Crippen molar-refractivity contribution in [2.45, 2.75) is 44.6 Å². The highest BCUT2D eigenvalue weighted by Crippen LogP contribution is 2.27. The molecule has 7 nitrogen and oxygen atoms in total. The third kappa shape index (κ3) is 3.86. The van der Waals surface area contributed by atoms with Crippen molar-refractivity contribution in [2.75, 3.05) is 13.1 Å². The minimum atomic E-state index is -0.0973. The summed E-state index contributed by atoms with van der Waals surface area (Å²) in [7, 11) is 0. The molecule has 1 aliphatic carbocycles. The van der Waals surface area contributed by atoms with Crippen LogP contribution >= 0.6 is 0 Å². The third-order valence-electron chi connectivity index (χ3n) is 5.69. The largest absolute Gasteiger partial charge is 0.349 e. The Labute approximate surface area is 158 Å². The number of nitrogens with zero attached hydrogens (tertiary/aromatic N) is 4. The van der Waals surface area contributed by atoms with E-state index in [0.29, 0.717) is 11.5 Å². The standard InChI is InChI=1S/C20H25N5O2/c26-19(17-7-3-4-8-18(17)25-13-21-22-14-25)23-16-9-11-24(12-10-16)20(27)15-5-1-2-6-15/h3-4,7-8,13-16H,1-2,5-6,9-12H2,(H,23,26). The fourth-order valence-electron chi connectivity index (χ4n) is 4.15. The lowest BCUT2D eigenvalue weighted by atomic mass is 10.0. The summed E-state index contributed by atoms with van der Waals surface area (Å²) in [4.78, 5) is 27.3. The number of para-hydroxylation sites is 1. The van der Waals surface area contributed by atoms with Crippen molar-refractivity contribution in [3.63, 3.8) is 0 Å². The zero-order chi connectivity index (χ0) is 18.6. The number of amides is 2. The fraction of sp³-hybridized carbons (Fsp3) is 0.500. The van der Waals surface area contributed by atoms with E-state index < -0.39 is 0 Å². The van der Waals surface area contributed by atoms with Crippen LogP contribution in [-0.2, 0) is 4.79 Å². The quantitative estimate of drug-likeness (QED) is 0.898. The van der Waals surface area contributed by atoms with Gasteiger partial charge in [0.05, 0.1) is 11.3 Å². The third-order valence-corrected chi connectivity index (χ3v) is 5.69. The van der Waals surface area contributed by atoms with Gasteiger partial charge >= 0.3 is 0 Å². The molecule has 0 radical (unpaired) electrons. The molecule has 0 spiro atoms. The molecule has 1 saturated carbocycles. The average molecular weight is 367 g/mol. The number of benzene rings is 1. The van der Waals surface area contributed by atoms with Crippen LogP contribution in [0.4, 0.5) is 0 Å². The Hall–Kier alpha value is -2.70. The second-order valence-corrected chi connectivity index (χ2v) is 7.44. The van der Waals surface area contributed by atoms with Gasteiger partial charge in [-0.3, -0.25) is 14.2 Å². The van der Waals surface area contributed by atoms with Gasteiger partial charge in [-0.1, -0.05) is 25.0 Å². The molecule has 1 N–H and O–H groups in total.